The normalized spacial score (nSPS) is 12.1. The minimum atomic E-state index is -3.37. The molecule has 0 spiro atoms. The average molecular weight is 460 g/mol. The van der Waals surface area contributed by atoms with Crippen LogP contribution in [0.1, 0.15) is 36.7 Å². The van der Waals surface area contributed by atoms with E-state index in [1.807, 2.05) is 48.5 Å². The topological polar surface area (TPSA) is 84.3 Å². The van der Waals surface area contributed by atoms with E-state index < -0.39 is 14.6 Å². The molecule has 0 radical (unpaired) electrons. The van der Waals surface area contributed by atoms with Crippen LogP contribution in [0.25, 0.3) is 33.2 Å². The zero-order valence-corrected chi connectivity index (χ0v) is 19.8. The largest absolute Gasteiger partial charge is 0.507 e. The van der Waals surface area contributed by atoms with Gasteiger partial charge in [-0.2, -0.15) is 0 Å². The van der Waals surface area contributed by atoms with Crippen LogP contribution in [0.15, 0.2) is 72.9 Å². The lowest BCUT2D eigenvalue weighted by atomic mass is 9.92. The number of phenolic OH excluding ortho intramolecular Hbond substituents is 1. The molecule has 1 aromatic heterocycles. The van der Waals surface area contributed by atoms with Crippen LogP contribution in [0.4, 0.5) is 0 Å². The van der Waals surface area contributed by atoms with Crippen molar-refractivity contribution in [3.63, 3.8) is 0 Å². The van der Waals surface area contributed by atoms with Crippen LogP contribution >= 0.6 is 0 Å². The zero-order valence-electron chi connectivity index (χ0n) is 19.0. The molecule has 0 saturated carbocycles. The SMILES string of the molecule is CC(=O)c1ccc(-c2cccc(-c3cc(C(C)(C)S(C)(=O)=O)cc4cccnc34)c2)cc1O. The summed E-state index contributed by atoms with van der Waals surface area (Å²) >= 11 is 0. The molecule has 6 heteroatoms. The Morgan fingerprint density at radius 2 is 1.61 bits per heavy atom. The Hall–Kier alpha value is -3.51. The second-order valence-electron chi connectivity index (χ2n) is 8.75. The number of benzene rings is 3. The maximum atomic E-state index is 12.5. The standard InChI is InChI=1S/C27H25NO4S/c1-17(29)23-11-10-19(15-25(23)30)18-7-5-8-20(13-18)24-16-22(27(2,3)33(4,31)32)14-21-9-6-12-28-26(21)24/h5-16,30H,1-4H3. The number of rotatable bonds is 5. The molecule has 5 nitrogen and oxygen atoms in total. The summed E-state index contributed by atoms with van der Waals surface area (Å²) in [6.07, 6.45) is 2.97. The smallest absolute Gasteiger partial charge is 0.163 e. The van der Waals surface area contributed by atoms with Crippen LogP contribution in [-0.2, 0) is 14.6 Å². The molecule has 0 aliphatic carbocycles. The van der Waals surface area contributed by atoms with Gasteiger partial charge in [-0.25, -0.2) is 8.42 Å². The van der Waals surface area contributed by atoms with Crippen LogP contribution in [0.2, 0.25) is 0 Å². The first-order chi connectivity index (χ1) is 15.5. The first-order valence-electron chi connectivity index (χ1n) is 10.5. The van der Waals surface area contributed by atoms with Gasteiger partial charge in [0.25, 0.3) is 0 Å². The molecule has 0 atom stereocenters. The van der Waals surface area contributed by atoms with E-state index in [1.165, 1.54) is 13.2 Å². The summed E-state index contributed by atoms with van der Waals surface area (Å²) < 4.78 is 24.0. The lowest BCUT2D eigenvalue weighted by Gasteiger charge is -2.24. The molecule has 0 aliphatic rings. The van der Waals surface area contributed by atoms with Crippen molar-refractivity contribution in [2.24, 2.45) is 0 Å². The molecule has 3 aromatic carbocycles. The van der Waals surface area contributed by atoms with Crippen molar-refractivity contribution in [3.05, 3.63) is 84.1 Å². The Morgan fingerprint density at radius 1 is 0.909 bits per heavy atom. The number of aromatic hydroxyl groups is 1. The lowest BCUT2D eigenvalue weighted by Crippen LogP contribution is -2.28. The number of carbonyl (C=O) groups is 1. The highest BCUT2D eigenvalue weighted by molar-refractivity contribution is 7.91. The molecule has 1 N–H and O–H groups in total. The van der Waals surface area contributed by atoms with Gasteiger partial charge < -0.3 is 5.11 Å². The number of carbonyl (C=O) groups excluding carboxylic acids is 1. The van der Waals surface area contributed by atoms with Crippen molar-refractivity contribution in [1.29, 1.82) is 0 Å². The summed E-state index contributed by atoms with van der Waals surface area (Å²) in [6.45, 7) is 4.83. The molecule has 0 saturated heterocycles. The van der Waals surface area contributed by atoms with Gasteiger partial charge in [-0.1, -0.05) is 30.3 Å². The van der Waals surface area contributed by atoms with E-state index in [-0.39, 0.29) is 17.1 Å². The minimum Gasteiger partial charge on any atom is -0.507 e. The van der Waals surface area contributed by atoms with Crippen molar-refractivity contribution in [2.75, 3.05) is 6.26 Å². The summed E-state index contributed by atoms with van der Waals surface area (Å²) in [6, 6.07) is 20.3. The Balaban J connectivity index is 1.92. The van der Waals surface area contributed by atoms with E-state index in [0.717, 1.165) is 33.2 Å². The summed E-state index contributed by atoms with van der Waals surface area (Å²) in [7, 11) is -3.37. The Kier molecular flexibility index (Phi) is 5.58. The van der Waals surface area contributed by atoms with Crippen molar-refractivity contribution < 1.29 is 18.3 Å². The number of nitrogens with zero attached hydrogens (tertiary/aromatic N) is 1. The molecule has 0 bridgehead atoms. The maximum absolute atomic E-state index is 12.5. The number of aromatic nitrogens is 1. The number of hydrogen-bond donors (Lipinski definition) is 1. The molecule has 0 amide bonds. The Morgan fingerprint density at radius 3 is 2.27 bits per heavy atom. The zero-order chi connectivity index (χ0) is 24.0. The molecule has 4 rings (SSSR count). The molecule has 1 heterocycles. The molecular formula is C27H25NO4S. The number of pyridine rings is 1. The monoisotopic (exact) mass is 459 g/mol. The molecule has 0 aliphatic heterocycles. The molecule has 4 aromatic rings. The fourth-order valence-corrected chi connectivity index (χ4v) is 4.40. The molecular weight excluding hydrogens is 434 g/mol. The highest BCUT2D eigenvalue weighted by atomic mass is 32.2. The van der Waals surface area contributed by atoms with E-state index in [1.54, 1.807) is 38.2 Å². The number of phenols is 1. The molecule has 0 fully saturated rings. The van der Waals surface area contributed by atoms with E-state index >= 15 is 0 Å². The second kappa shape index (κ2) is 8.12. The predicted octanol–water partition coefficient (Wildman–Crippen LogP) is 5.76. The third-order valence-electron chi connectivity index (χ3n) is 6.21. The van der Waals surface area contributed by atoms with Crippen LogP contribution in [0.3, 0.4) is 0 Å². The van der Waals surface area contributed by atoms with Gasteiger partial charge in [-0.15, -0.1) is 0 Å². The first-order valence-corrected chi connectivity index (χ1v) is 12.4. The number of Topliss-reactive ketones (excluding diaryl/α,β-unsaturated/α-hetero) is 1. The third-order valence-corrected chi connectivity index (χ3v) is 8.30. The van der Waals surface area contributed by atoms with Gasteiger partial charge in [0.2, 0.25) is 0 Å². The molecule has 33 heavy (non-hydrogen) atoms. The number of ketones is 1. The Labute approximate surface area is 193 Å². The van der Waals surface area contributed by atoms with Gasteiger partial charge in [0.15, 0.2) is 15.6 Å². The van der Waals surface area contributed by atoms with Gasteiger partial charge in [0.1, 0.15) is 5.75 Å². The van der Waals surface area contributed by atoms with Crippen molar-refractivity contribution in [1.82, 2.24) is 4.98 Å². The van der Waals surface area contributed by atoms with Gasteiger partial charge in [-0.05, 0) is 79.4 Å². The number of fused-ring (bicyclic) bond motifs is 1. The van der Waals surface area contributed by atoms with Gasteiger partial charge in [-0.3, -0.25) is 9.78 Å². The van der Waals surface area contributed by atoms with E-state index in [2.05, 4.69) is 4.98 Å². The van der Waals surface area contributed by atoms with E-state index in [9.17, 15) is 18.3 Å². The second-order valence-corrected chi connectivity index (χ2v) is 11.3. The molecule has 168 valence electrons. The summed E-state index contributed by atoms with van der Waals surface area (Å²) in [4.78, 5) is 16.2. The van der Waals surface area contributed by atoms with E-state index in [4.69, 9.17) is 0 Å². The van der Waals surface area contributed by atoms with Crippen LogP contribution < -0.4 is 0 Å². The fourth-order valence-electron chi connectivity index (χ4n) is 3.85. The van der Waals surface area contributed by atoms with Gasteiger partial charge in [0, 0.05) is 23.4 Å². The third kappa shape index (κ3) is 4.14. The fraction of sp³-hybridized carbons (Fsp3) is 0.185. The average Bonchev–Trinajstić information content (AvgIpc) is 2.77. The number of sulfone groups is 1. The van der Waals surface area contributed by atoms with Crippen LogP contribution in [0, 0.1) is 0 Å². The summed E-state index contributed by atoms with van der Waals surface area (Å²) in [5.41, 5.74) is 5.07. The molecule has 0 unspecified atom stereocenters. The lowest BCUT2D eigenvalue weighted by molar-refractivity contribution is 0.101. The highest BCUT2D eigenvalue weighted by Crippen LogP contribution is 2.37. The van der Waals surface area contributed by atoms with Crippen molar-refractivity contribution in [3.8, 4) is 28.0 Å². The quantitative estimate of drug-likeness (QED) is 0.384. The van der Waals surface area contributed by atoms with Gasteiger partial charge in [0.05, 0.1) is 15.8 Å². The van der Waals surface area contributed by atoms with Crippen molar-refractivity contribution in [2.45, 2.75) is 25.5 Å². The van der Waals surface area contributed by atoms with Crippen LogP contribution in [-0.4, -0.2) is 30.5 Å². The van der Waals surface area contributed by atoms with E-state index in [0.29, 0.717) is 5.56 Å². The van der Waals surface area contributed by atoms with Crippen LogP contribution in [0.5, 0.6) is 5.75 Å². The Bertz CT molecular complexity index is 1500. The van der Waals surface area contributed by atoms with Crippen molar-refractivity contribution >= 4 is 26.5 Å². The maximum Gasteiger partial charge on any atom is 0.163 e. The van der Waals surface area contributed by atoms with Gasteiger partial charge >= 0.3 is 0 Å². The summed E-state index contributed by atoms with van der Waals surface area (Å²) in [5.74, 6) is -0.259. The summed E-state index contributed by atoms with van der Waals surface area (Å²) in [5, 5.41) is 11.1. The first kappa shape index (κ1) is 22.7. The number of hydrogen-bond acceptors (Lipinski definition) is 5. The predicted molar refractivity (Wildman–Crippen MR) is 132 cm³/mol. The highest BCUT2D eigenvalue weighted by Gasteiger charge is 2.33. The minimum absolute atomic E-state index is 0.0607.